The molecule has 0 bridgehead atoms. The molecular weight excluding hydrogens is 410 g/mol. The molecule has 1 nitrogen and oxygen atoms in total. The molecule has 0 aromatic carbocycles. The minimum Gasteiger partial charge on any atom is -0.306 e. The first-order valence-electron chi connectivity index (χ1n) is 15.8. The molecule has 0 aliphatic heterocycles. The standard InChI is InChI=1S/C33H65N/c1-4-6-8-10-12-14-16-18-20-22-24-26-28-30-32-34(3)33-31-29-27-25-23-21-19-17-15-13-11-9-7-5-2/h14-17H,4-13,18-33H2,1-3H3. The van der Waals surface area contributed by atoms with E-state index in [1.165, 1.54) is 167 Å². The summed E-state index contributed by atoms with van der Waals surface area (Å²) >= 11 is 0. The lowest BCUT2D eigenvalue weighted by atomic mass is 10.1. The maximum absolute atomic E-state index is 2.57. The van der Waals surface area contributed by atoms with Gasteiger partial charge in [-0.15, -0.1) is 0 Å². The normalized spacial score (nSPS) is 12.1. The molecule has 0 rings (SSSR count). The predicted molar refractivity (Wildman–Crippen MR) is 158 cm³/mol. The largest absolute Gasteiger partial charge is 0.306 e. The smallest absolute Gasteiger partial charge is 0.00218 e. The summed E-state index contributed by atoms with van der Waals surface area (Å²) in [6.07, 6.45) is 42.9. The van der Waals surface area contributed by atoms with E-state index < -0.39 is 0 Å². The molecule has 0 aliphatic rings. The average Bonchev–Trinajstić information content (AvgIpc) is 2.84. The topological polar surface area (TPSA) is 3.24 Å². The molecule has 0 spiro atoms. The van der Waals surface area contributed by atoms with Gasteiger partial charge in [0.2, 0.25) is 0 Å². The van der Waals surface area contributed by atoms with Gasteiger partial charge in [0.1, 0.15) is 0 Å². The molecule has 0 aliphatic carbocycles. The van der Waals surface area contributed by atoms with E-state index in [1.807, 2.05) is 0 Å². The molecule has 0 N–H and O–H groups in total. The summed E-state index contributed by atoms with van der Waals surface area (Å²) < 4.78 is 0. The van der Waals surface area contributed by atoms with Crippen LogP contribution in [0, 0.1) is 0 Å². The van der Waals surface area contributed by atoms with Crippen LogP contribution < -0.4 is 0 Å². The van der Waals surface area contributed by atoms with Crippen molar-refractivity contribution in [3.63, 3.8) is 0 Å². The fraction of sp³-hybridized carbons (Fsp3) is 0.879. The van der Waals surface area contributed by atoms with Crippen LogP contribution in [0.3, 0.4) is 0 Å². The second-order valence-electron chi connectivity index (χ2n) is 10.8. The van der Waals surface area contributed by atoms with Crippen molar-refractivity contribution in [1.82, 2.24) is 4.90 Å². The number of nitrogens with zero attached hydrogens (tertiary/aromatic N) is 1. The van der Waals surface area contributed by atoms with Crippen molar-refractivity contribution in [2.24, 2.45) is 0 Å². The van der Waals surface area contributed by atoms with Crippen molar-refractivity contribution < 1.29 is 0 Å². The van der Waals surface area contributed by atoms with Gasteiger partial charge in [0.05, 0.1) is 0 Å². The molecule has 0 saturated heterocycles. The minimum absolute atomic E-state index is 1.30. The maximum Gasteiger partial charge on any atom is -0.00218 e. The molecule has 0 fully saturated rings. The van der Waals surface area contributed by atoms with E-state index in [1.54, 1.807) is 0 Å². The van der Waals surface area contributed by atoms with Crippen LogP contribution in [0.25, 0.3) is 0 Å². The number of unbranched alkanes of at least 4 members (excludes halogenated alkanes) is 20. The Kier molecular flexibility index (Phi) is 30.0. The Hall–Kier alpha value is -0.560. The molecule has 0 unspecified atom stereocenters. The average molecular weight is 476 g/mol. The van der Waals surface area contributed by atoms with Crippen LogP contribution >= 0.6 is 0 Å². The monoisotopic (exact) mass is 476 g/mol. The van der Waals surface area contributed by atoms with Gasteiger partial charge in [-0.2, -0.15) is 0 Å². The van der Waals surface area contributed by atoms with Gasteiger partial charge in [-0.1, -0.05) is 128 Å². The third kappa shape index (κ3) is 29.5. The Morgan fingerprint density at radius 2 is 0.618 bits per heavy atom. The highest BCUT2D eigenvalue weighted by atomic mass is 15.1. The first-order chi connectivity index (χ1) is 16.8. The molecule has 34 heavy (non-hydrogen) atoms. The van der Waals surface area contributed by atoms with Crippen molar-refractivity contribution in [2.75, 3.05) is 20.1 Å². The van der Waals surface area contributed by atoms with Crippen molar-refractivity contribution in [1.29, 1.82) is 0 Å². The molecule has 0 radical (unpaired) electrons. The summed E-state index contributed by atoms with van der Waals surface area (Å²) in [6, 6.07) is 0. The molecule has 0 saturated carbocycles. The van der Waals surface area contributed by atoms with E-state index in [-0.39, 0.29) is 0 Å². The molecule has 0 heterocycles. The van der Waals surface area contributed by atoms with Crippen molar-refractivity contribution in [2.45, 2.75) is 168 Å². The molecule has 0 aromatic rings. The molecule has 202 valence electrons. The summed E-state index contributed by atoms with van der Waals surface area (Å²) in [5, 5.41) is 0. The van der Waals surface area contributed by atoms with Gasteiger partial charge in [0.15, 0.2) is 0 Å². The fourth-order valence-corrected chi connectivity index (χ4v) is 4.66. The second kappa shape index (κ2) is 30.5. The first-order valence-corrected chi connectivity index (χ1v) is 15.8. The Balaban J connectivity index is 3.22. The third-order valence-corrected chi connectivity index (χ3v) is 7.10. The number of rotatable bonds is 28. The van der Waals surface area contributed by atoms with E-state index >= 15 is 0 Å². The van der Waals surface area contributed by atoms with E-state index in [0.717, 1.165) is 0 Å². The van der Waals surface area contributed by atoms with Crippen LogP contribution in [-0.4, -0.2) is 25.0 Å². The summed E-state index contributed by atoms with van der Waals surface area (Å²) in [4.78, 5) is 2.57. The predicted octanol–water partition coefficient (Wildman–Crippen LogP) is 11.4. The summed E-state index contributed by atoms with van der Waals surface area (Å²) in [5.74, 6) is 0. The van der Waals surface area contributed by atoms with Gasteiger partial charge in [0.25, 0.3) is 0 Å². The molecule has 0 amide bonds. The van der Waals surface area contributed by atoms with Crippen LogP contribution in [0.2, 0.25) is 0 Å². The van der Waals surface area contributed by atoms with Gasteiger partial charge < -0.3 is 4.90 Å². The Morgan fingerprint density at radius 3 is 0.941 bits per heavy atom. The van der Waals surface area contributed by atoms with Crippen LogP contribution in [0.4, 0.5) is 0 Å². The highest BCUT2D eigenvalue weighted by molar-refractivity contribution is 4.82. The summed E-state index contributed by atoms with van der Waals surface area (Å²) in [6.45, 7) is 7.17. The van der Waals surface area contributed by atoms with Crippen LogP contribution in [-0.2, 0) is 0 Å². The lowest BCUT2D eigenvalue weighted by molar-refractivity contribution is 0.314. The number of allylic oxidation sites excluding steroid dienone is 4. The van der Waals surface area contributed by atoms with Gasteiger partial charge in [-0.05, 0) is 84.3 Å². The van der Waals surface area contributed by atoms with E-state index in [0.29, 0.717) is 0 Å². The summed E-state index contributed by atoms with van der Waals surface area (Å²) in [5.41, 5.74) is 0. The molecular formula is C33H65N. The number of hydrogen-bond acceptors (Lipinski definition) is 1. The van der Waals surface area contributed by atoms with Crippen LogP contribution in [0.1, 0.15) is 168 Å². The first kappa shape index (κ1) is 33.4. The molecule has 1 heteroatoms. The van der Waals surface area contributed by atoms with Crippen LogP contribution in [0.15, 0.2) is 24.3 Å². The lowest BCUT2D eigenvalue weighted by Crippen LogP contribution is -2.20. The Labute approximate surface area is 217 Å². The highest BCUT2D eigenvalue weighted by Gasteiger charge is 1.99. The van der Waals surface area contributed by atoms with Gasteiger partial charge in [0, 0.05) is 0 Å². The van der Waals surface area contributed by atoms with E-state index in [2.05, 4.69) is 50.1 Å². The van der Waals surface area contributed by atoms with Gasteiger partial charge in [-0.25, -0.2) is 0 Å². The van der Waals surface area contributed by atoms with E-state index in [9.17, 15) is 0 Å². The number of hydrogen-bond donors (Lipinski definition) is 0. The zero-order valence-electron chi connectivity index (χ0n) is 24.1. The molecule has 0 aromatic heterocycles. The SMILES string of the molecule is CCCCCCC=CCCCCCCCCN(C)CCCCCCCCC=CCCCCCC. The Morgan fingerprint density at radius 1 is 0.353 bits per heavy atom. The third-order valence-electron chi connectivity index (χ3n) is 7.10. The van der Waals surface area contributed by atoms with Gasteiger partial charge >= 0.3 is 0 Å². The van der Waals surface area contributed by atoms with E-state index in [4.69, 9.17) is 0 Å². The molecule has 0 atom stereocenters. The summed E-state index contributed by atoms with van der Waals surface area (Å²) in [7, 11) is 2.32. The van der Waals surface area contributed by atoms with Crippen LogP contribution in [0.5, 0.6) is 0 Å². The Bertz CT molecular complexity index is 373. The maximum atomic E-state index is 2.57. The zero-order valence-corrected chi connectivity index (χ0v) is 24.1. The second-order valence-corrected chi connectivity index (χ2v) is 10.8. The fourth-order valence-electron chi connectivity index (χ4n) is 4.66. The lowest BCUT2D eigenvalue weighted by Gasteiger charge is -2.16. The van der Waals surface area contributed by atoms with Gasteiger partial charge in [-0.3, -0.25) is 0 Å². The highest BCUT2D eigenvalue weighted by Crippen LogP contribution is 2.11. The quantitative estimate of drug-likeness (QED) is 0.0803. The van der Waals surface area contributed by atoms with Crippen molar-refractivity contribution >= 4 is 0 Å². The minimum atomic E-state index is 1.30. The zero-order chi connectivity index (χ0) is 24.8. The van der Waals surface area contributed by atoms with Crippen molar-refractivity contribution in [3.05, 3.63) is 24.3 Å². The van der Waals surface area contributed by atoms with Crippen molar-refractivity contribution in [3.8, 4) is 0 Å².